The molecule has 0 unspecified atom stereocenters. The van der Waals surface area contributed by atoms with Crippen LogP contribution in [-0.2, 0) is 19.1 Å². The van der Waals surface area contributed by atoms with Gasteiger partial charge in [-0.3, -0.25) is 19.3 Å². The molecule has 1 heterocycles. The summed E-state index contributed by atoms with van der Waals surface area (Å²) in [6, 6.07) is 1.02. The first-order valence-electron chi connectivity index (χ1n) is 8.50. The Morgan fingerprint density at radius 2 is 2.15 bits per heavy atom. The number of carbonyl (C=O) groups excluding carboxylic acids is 4. The highest BCUT2D eigenvalue weighted by molar-refractivity contribution is 6.09. The summed E-state index contributed by atoms with van der Waals surface area (Å²) in [6.45, 7) is 1.94. The van der Waals surface area contributed by atoms with Crippen molar-refractivity contribution in [2.24, 2.45) is 11.8 Å². The average Bonchev–Trinajstić information content (AvgIpc) is 2.81. The summed E-state index contributed by atoms with van der Waals surface area (Å²) >= 11 is 0. The van der Waals surface area contributed by atoms with E-state index in [2.05, 4.69) is 5.32 Å². The number of rotatable bonds is 6. The third-order valence-electron chi connectivity index (χ3n) is 5.05. The highest BCUT2D eigenvalue weighted by Crippen LogP contribution is 2.38. The quantitative estimate of drug-likeness (QED) is 0.406. The minimum atomic E-state index is -1.27. The maximum Gasteiger partial charge on any atom is 0.326 e. The average molecular weight is 362 g/mol. The molecule has 1 aliphatic heterocycles. The molecule has 0 aromatic carbocycles. The zero-order valence-corrected chi connectivity index (χ0v) is 14.8. The summed E-state index contributed by atoms with van der Waals surface area (Å²) in [5.41, 5.74) is -1.11. The normalized spacial score (nSPS) is 26.2. The van der Waals surface area contributed by atoms with Crippen molar-refractivity contribution in [1.82, 2.24) is 10.2 Å². The number of imide groups is 1. The van der Waals surface area contributed by atoms with Crippen molar-refractivity contribution < 1.29 is 23.9 Å². The molecule has 3 atom stereocenters. The lowest BCUT2D eigenvalue weighted by Crippen LogP contribution is -2.54. The van der Waals surface area contributed by atoms with Gasteiger partial charge in [0.25, 0.3) is 5.91 Å². The molecule has 9 nitrogen and oxygen atoms in total. The standard InChI is InChI=1S/C17H22N4O5/c1-10-5-3-4-6-17(10)15(24)21(16(25)20-17)8-14(23)26-9-13(22)12(7-18)11(2)19/h10,12,19H,3-6,8-9H2,1-2H3,(H,20,25)/t10-,12+,17+/m1/s1. The summed E-state index contributed by atoms with van der Waals surface area (Å²) in [7, 11) is 0. The van der Waals surface area contributed by atoms with E-state index in [1.165, 1.54) is 6.92 Å². The van der Waals surface area contributed by atoms with E-state index < -0.39 is 48.3 Å². The van der Waals surface area contributed by atoms with Gasteiger partial charge in [-0.15, -0.1) is 0 Å². The van der Waals surface area contributed by atoms with Gasteiger partial charge in [-0.2, -0.15) is 5.26 Å². The van der Waals surface area contributed by atoms with Gasteiger partial charge in [0.2, 0.25) is 0 Å². The molecule has 26 heavy (non-hydrogen) atoms. The van der Waals surface area contributed by atoms with Crippen molar-refractivity contribution in [3.8, 4) is 6.07 Å². The predicted molar refractivity (Wildman–Crippen MR) is 89.1 cm³/mol. The van der Waals surface area contributed by atoms with E-state index in [-0.39, 0.29) is 11.6 Å². The Morgan fingerprint density at radius 3 is 2.73 bits per heavy atom. The van der Waals surface area contributed by atoms with Gasteiger partial charge in [0, 0.05) is 5.71 Å². The Bertz CT molecular complexity index is 698. The van der Waals surface area contributed by atoms with E-state index in [4.69, 9.17) is 15.4 Å². The smallest absolute Gasteiger partial charge is 0.326 e. The summed E-state index contributed by atoms with van der Waals surface area (Å²) in [5, 5.41) is 18.9. The zero-order chi connectivity index (χ0) is 19.5. The second kappa shape index (κ2) is 7.64. The number of ketones is 1. The minimum Gasteiger partial charge on any atom is -0.456 e. The second-order valence-electron chi connectivity index (χ2n) is 6.81. The molecule has 1 saturated heterocycles. The van der Waals surface area contributed by atoms with Crippen molar-refractivity contribution in [2.75, 3.05) is 13.2 Å². The van der Waals surface area contributed by atoms with E-state index in [9.17, 15) is 19.2 Å². The van der Waals surface area contributed by atoms with Gasteiger partial charge in [0.15, 0.2) is 12.4 Å². The maximum atomic E-state index is 12.7. The number of esters is 1. The van der Waals surface area contributed by atoms with Crippen LogP contribution in [0.1, 0.15) is 39.5 Å². The first kappa shape index (κ1) is 19.6. The predicted octanol–water partition coefficient (Wildman–Crippen LogP) is 0.779. The molecule has 1 spiro atoms. The molecule has 140 valence electrons. The van der Waals surface area contributed by atoms with Crippen LogP contribution in [0, 0.1) is 28.6 Å². The number of hydrogen-bond donors (Lipinski definition) is 2. The van der Waals surface area contributed by atoms with E-state index in [1.807, 2.05) is 6.92 Å². The van der Waals surface area contributed by atoms with Gasteiger partial charge in [-0.25, -0.2) is 4.79 Å². The molecule has 2 fully saturated rings. The van der Waals surface area contributed by atoms with Gasteiger partial charge in [0.1, 0.15) is 18.0 Å². The van der Waals surface area contributed by atoms with Crippen LogP contribution < -0.4 is 5.32 Å². The number of hydrogen-bond acceptors (Lipinski definition) is 7. The molecule has 2 N–H and O–H groups in total. The van der Waals surface area contributed by atoms with E-state index in [0.29, 0.717) is 6.42 Å². The Balaban J connectivity index is 1.96. The lowest BCUT2D eigenvalue weighted by atomic mass is 9.73. The highest BCUT2D eigenvalue weighted by Gasteiger charge is 2.55. The first-order chi connectivity index (χ1) is 12.2. The molecule has 2 aliphatic rings. The van der Waals surface area contributed by atoms with E-state index in [0.717, 1.165) is 24.2 Å². The highest BCUT2D eigenvalue weighted by atomic mass is 16.5. The van der Waals surface area contributed by atoms with Gasteiger partial charge < -0.3 is 15.5 Å². The van der Waals surface area contributed by atoms with Crippen molar-refractivity contribution >= 4 is 29.4 Å². The van der Waals surface area contributed by atoms with Crippen LogP contribution in [0.5, 0.6) is 0 Å². The van der Waals surface area contributed by atoms with Gasteiger partial charge in [-0.1, -0.05) is 19.8 Å². The number of urea groups is 1. The molecular formula is C17H22N4O5. The summed E-state index contributed by atoms with van der Waals surface area (Å²) in [6.07, 6.45) is 3.16. The Hall–Kier alpha value is -2.76. The largest absolute Gasteiger partial charge is 0.456 e. The monoisotopic (exact) mass is 362 g/mol. The number of carbonyl (C=O) groups is 4. The zero-order valence-electron chi connectivity index (χ0n) is 14.8. The lowest BCUT2D eigenvalue weighted by molar-refractivity contribution is -0.151. The van der Waals surface area contributed by atoms with Crippen molar-refractivity contribution in [3.63, 3.8) is 0 Å². The maximum absolute atomic E-state index is 12.7. The fraction of sp³-hybridized carbons (Fsp3) is 0.647. The van der Waals surface area contributed by atoms with E-state index in [1.54, 1.807) is 6.07 Å². The summed E-state index contributed by atoms with van der Waals surface area (Å²) < 4.78 is 4.79. The fourth-order valence-corrected chi connectivity index (χ4v) is 3.46. The molecular weight excluding hydrogens is 340 g/mol. The Kier molecular flexibility index (Phi) is 5.75. The Labute approximate surface area is 151 Å². The molecule has 0 radical (unpaired) electrons. The number of amides is 3. The number of ether oxygens (including phenoxy) is 1. The fourth-order valence-electron chi connectivity index (χ4n) is 3.46. The van der Waals surface area contributed by atoms with Crippen LogP contribution in [0.3, 0.4) is 0 Å². The lowest BCUT2D eigenvalue weighted by Gasteiger charge is -2.36. The Morgan fingerprint density at radius 1 is 1.46 bits per heavy atom. The number of nitrogens with zero attached hydrogens (tertiary/aromatic N) is 2. The number of nitriles is 1. The molecule has 0 aromatic heterocycles. The van der Waals surface area contributed by atoms with Gasteiger partial charge in [0.05, 0.1) is 6.07 Å². The van der Waals surface area contributed by atoms with Gasteiger partial charge in [-0.05, 0) is 25.7 Å². The third-order valence-corrected chi connectivity index (χ3v) is 5.05. The van der Waals surface area contributed by atoms with Crippen molar-refractivity contribution in [3.05, 3.63) is 0 Å². The topological polar surface area (TPSA) is 140 Å². The first-order valence-corrected chi connectivity index (χ1v) is 8.50. The molecule has 9 heteroatoms. The molecule has 2 rings (SSSR count). The summed E-state index contributed by atoms with van der Waals surface area (Å²) in [4.78, 5) is 49.4. The van der Waals surface area contributed by atoms with Crippen molar-refractivity contribution in [2.45, 2.75) is 45.1 Å². The number of nitrogens with one attached hydrogen (secondary N) is 2. The molecule has 1 saturated carbocycles. The van der Waals surface area contributed by atoms with Crippen LogP contribution in [0.2, 0.25) is 0 Å². The SMILES string of the molecule is CC(=N)[C@H](C#N)C(=O)COC(=O)CN1C(=O)N[C@]2(CCCC[C@H]2C)C1=O. The van der Waals surface area contributed by atoms with Crippen LogP contribution in [0.4, 0.5) is 4.79 Å². The molecule has 0 bridgehead atoms. The molecule has 3 amide bonds. The molecule has 0 aromatic rings. The van der Waals surface area contributed by atoms with Gasteiger partial charge >= 0.3 is 12.0 Å². The van der Waals surface area contributed by atoms with Crippen LogP contribution in [-0.4, -0.2) is 53.0 Å². The minimum absolute atomic E-state index is 0.0257. The van der Waals surface area contributed by atoms with E-state index >= 15 is 0 Å². The van der Waals surface area contributed by atoms with Crippen LogP contribution in [0.25, 0.3) is 0 Å². The second-order valence-corrected chi connectivity index (χ2v) is 6.81. The van der Waals surface area contributed by atoms with Crippen LogP contribution in [0.15, 0.2) is 0 Å². The molecule has 1 aliphatic carbocycles. The number of Topliss-reactive ketones (excluding diaryl/α,β-unsaturated/α-hetero) is 1. The van der Waals surface area contributed by atoms with Crippen molar-refractivity contribution in [1.29, 1.82) is 10.7 Å². The van der Waals surface area contributed by atoms with Crippen LogP contribution >= 0.6 is 0 Å². The summed E-state index contributed by atoms with van der Waals surface area (Å²) in [5.74, 6) is -3.37. The third kappa shape index (κ3) is 3.59.